The molecule has 3 rings (SSSR count). The van der Waals surface area contributed by atoms with Crippen LogP contribution in [0.4, 0.5) is 5.69 Å². The lowest BCUT2D eigenvalue weighted by Crippen LogP contribution is -2.51. The fraction of sp³-hybridized carbons (Fsp3) is 0.286. The Balaban J connectivity index is 2.04. The summed E-state index contributed by atoms with van der Waals surface area (Å²) in [5.41, 5.74) is 0.599. The fourth-order valence-corrected chi connectivity index (χ4v) is 6.35. The van der Waals surface area contributed by atoms with Crippen molar-refractivity contribution in [1.82, 2.24) is 10.2 Å². The second kappa shape index (κ2) is 14.4. The van der Waals surface area contributed by atoms with Gasteiger partial charge >= 0.3 is 0 Å². The summed E-state index contributed by atoms with van der Waals surface area (Å²) in [7, 11) is -4.25. The Morgan fingerprint density at radius 2 is 1.52 bits per heavy atom. The molecule has 0 aliphatic rings. The highest BCUT2D eigenvalue weighted by molar-refractivity contribution is 7.92. The zero-order valence-electron chi connectivity index (χ0n) is 21.9. The Bertz CT molecular complexity index is 1460. The van der Waals surface area contributed by atoms with Crippen LogP contribution < -0.4 is 9.62 Å². The number of anilines is 1. The summed E-state index contributed by atoms with van der Waals surface area (Å²) >= 11 is 24.9. The van der Waals surface area contributed by atoms with Crippen LogP contribution in [0, 0.1) is 0 Å². The Kier molecular flexibility index (Phi) is 11.5. The van der Waals surface area contributed by atoms with Gasteiger partial charge in [0.15, 0.2) is 0 Å². The van der Waals surface area contributed by atoms with Gasteiger partial charge in [-0.05, 0) is 61.4 Å². The quantitative estimate of drug-likeness (QED) is 0.219. The van der Waals surface area contributed by atoms with Crippen molar-refractivity contribution in [2.75, 3.05) is 17.4 Å². The van der Waals surface area contributed by atoms with E-state index in [1.165, 1.54) is 41.3 Å². The maximum absolute atomic E-state index is 13.9. The van der Waals surface area contributed by atoms with Crippen molar-refractivity contribution in [2.24, 2.45) is 0 Å². The van der Waals surface area contributed by atoms with E-state index in [1.54, 1.807) is 37.3 Å². The molecule has 0 heterocycles. The molecule has 0 saturated carbocycles. The minimum absolute atomic E-state index is 0.0357. The van der Waals surface area contributed by atoms with Gasteiger partial charge in [0.05, 0.1) is 15.6 Å². The molecule has 1 unspecified atom stereocenters. The molecule has 0 aliphatic carbocycles. The van der Waals surface area contributed by atoms with Crippen LogP contribution in [0.15, 0.2) is 71.6 Å². The Labute approximate surface area is 255 Å². The van der Waals surface area contributed by atoms with Crippen LogP contribution in [-0.4, -0.2) is 44.3 Å². The van der Waals surface area contributed by atoms with Crippen molar-refractivity contribution < 1.29 is 18.0 Å². The summed E-state index contributed by atoms with van der Waals surface area (Å²) in [5, 5.41) is 3.88. The smallest absolute Gasteiger partial charge is 0.264 e. The predicted octanol–water partition coefficient (Wildman–Crippen LogP) is 6.83. The fourth-order valence-electron chi connectivity index (χ4n) is 3.87. The first kappa shape index (κ1) is 32.0. The van der Waals surface area contributed by atoms with Crippen LogP contribution in [0.1, 0.15) is 32.3 Å². The van der Waals surface area contributed by atoms with Crippen molar-refractivity contribution in [1.29, 1.82) is 0 Å². The lowest BCUT2D eigenvalue weighted by atomic mass is 10.1. The van der Waals surface area contributed by atoms with Gasteiger partial charge in [-0.15, -0.1) is 0 Å². The van der Waals surface area contributed by atoms with E-state index in [2.05, 4.69) is 5.32 Å². The largest absolute Gasteiger partial charge is 0.354 e. The predicted molar refractivity (Wildman–Crippen MR) is 162 cm³/mol. The molecular weight excluding hydrogens is 616 g/mol. The van der Waals surface area contributed by atoms with Gasteiger partial charge < -0.3 is 10.2 Å². The summed E-state index contributed by atoms with van der Waals surface area (Å²) in [5.74, 6) is -1.02. The lowest BCUT2D eigenvalue weighted by Gasteiger charge is -2.32. The molecule has 3 aromatic carbocycles. The number of carbonyl (C=O) groups is 2. The first-order chi connectivity index (χ1) is 18.9. The van der Waals surface area contributed by atoms with Crippen molar-refractivity contribution in [3.05, 3.63) is 92.4 Å². The summed E-state index contributed by atoms with van der Waals surface area (Å²) < 4.78 is 28.5. The number of halogens is 4. The molecule has 7 nitrogen and oxygen atoms in total. The van der Waals surface area contributed by atoms with Crippen LogP contribution in [0.2, 0.25) is 20.1 Å². The monoisotopic (exact) mass is 643 g/mol. The maximum atomic E-state index is 13.9. The van der Waals surface area contributed by atoms with E-state index in [4.69, 9.17) is 46.4 Å². The number of nitrogens with zero attached hydrogens (tertiary/aromatic N) is 2. The molecule has 1 N–H and O–H groups in total. The van der Waals surface area contributed by atoms with Crippen LogP contribution in [0.3, 0.4) is 0 Å². The van der Waals surface area contributed by atoms with Gasteiger partial charge in [0.2, 0.25) is 11.8 Å². The summed E-state index contributed by atoms with van der Waals surface area (Å²) in [6.07, 6.45) is 1.65. The van der Waals surface area contributed by atoms with Gasteiger partial charge in [-0.2, -0.15) is 0 Å². The van der Waals surface area contributed by atoms with E-state index in [0.29, 0.717) is 27.2 Å². The maximum Gasteiger partial charge on any atom is 0.264 e. The third-order valence-electron chi connectivity index (χ3n) is 6.14. The number of rotatable bonds is 12. The summed E-state index contributed by atoms with van der Waals surface area (Å²) in [4.78, 5) is 28.2. The number of hydrogen-bond acceptors (Lipinski definition) is 4. The Morgan fingerprint density at radius 3 is 2.12 bits per heavy atom. The molecule has 0 fully saturated rings. The zero-order chi connectivity index (χ0) is 29.4. The second-order valence-corrected chi connectivity index (χ2v) is 12.5. The highest BCUT2D eigenvalue weighted by Gasteiger charge is 2.33. The number of carbonyl (C=O) groups excluding carboxylic acids is 2. The van der Waals surface area contributed by atoms with Gasteiger partial charge in [-0.3, -0.25) is 13.9 Å². The number of sulfonamides is 1. The molecule has 2 amide bonds. The SMILES string of the molecule is CCCCNC(=O)C(C)N(Cc1ccc(Cl)cc1Cl)C(=O)CN(c1ccc(Cl)cc1Cl)S(=O)(=O)c1ccccc1. The third kappa shape index (κ3) is 8.04. The molecule has 0 aromatic heterocycles. The van der Waals surface area contributed by atoms with Crippen LogP contribution >= 0.6 is 46.4 Å². The zero-order valence-corrected chi connectivity index (χ0v) is 25.8. The lowest BCUT2D eigenvalue weighted by molar-refractivity contribution is -0.139. The van der Waals surface area contributed by atoms with Gasteiger partial charge in [0.25, 0.3) is 10.0 Å². The average Bonchev–Trinajstić information content (AvgIpc) is 2.91. The molecule has 40 heavy (non-hydrogen) atoms. The molecule has 214 valence electrons. The summed E-state index contributed by atoms with van der Waals surface area (Å²) in [6, 6.07) is 15.9. The van der Waals surface area contributed by atoms with E-state index in [0.717, 1.165) is 17.1 Å². The van der Waals surface area contributed by atoms with Gasteiger partial charge in [0, 0.05) is 28.2 Å². The van der Waals surface area contributed by atoms with E-state index in [9.17, 15) is 18.0 Å². The molecule has 1 atom stereocenters. The molecule has 0 aliphatic heterocycles. The van der Waals surface area contributed by atoms with Crippen LogP contribution in [-0.2, 0) is 26.2 Å². The first-order valence-corrected chi connectivity index (χ1v) is 15.4. The highest BCUT2D eigenvalue weighted by Crippen LogP contribution is 2.33. The number of benzene rings is 3. The van der Waals surface area contributed by atoms with Gasteiger partial charge in [-0.1, -0.05) is 84.0 Å². The standard InChI is InChI=1S/C28H29Cl4N3O4S/c1-3-4-14-33-28(37)19(2)34(17-20-10-11-21(29)15-24(20)31)27(36)18-35(26-13-12-22(30)16-25(26)32)40(38,39)23-8-6-5-7-9-23/h5-13,15-16,19H,3-4,14,17-18H2,1-2H3,(H,33,37). The first-order valence-electron chi connectivity index (χ1n) is 12.5. The van der Waals surface area contributed by atoms with E-state index >= 15 is 0 Å². The van der Waals surface area contributed by atoms with Crippen molar-refractivity contribution in [3.63, 3.8) is 0 Å². The van der Waals surface area contributed by atoms with E-state index in [-0.39, 0.29) is 28.1 Å². The molecule has 0 spiro atoms. The summed E-state index contributed by atoms with van der Waals surface area (Å²) in [6.45, 7) is 3.31. The molecule has 12 heteroatoms. The normalized spacial score (nSPS) is 12.1. The minimum Gasteiger partial charge on any atom is -0.354 e. The second-order valence-electron chi connectivity index (χ2n) is 9.00. The topological polar surface area (TPSA) is 86.8 Å². The minimum atomic E-state index is -4.25. The number of amides is 2. The molecule has 3 aromatic rings. The van der Waals surface area contributed by atoms with Crippen LogP contribution in [0.5, 0.6) is 0 Å². The van der Waals surface area contributed by atoms with E-state index in [1.807, 2.05) is 6.92 Å². The highest BCUT2D eigenvalue weighted by atomic mass is 35.5. The molecule has 0 saturated heterocycles. The van der Waals surface area contributed by atoms with Crippen molar-refractivity contribution in [2.45, 2.75) is 44.2 Å². The van der Waals surface area contributed by atoms with Gasteiger partial charge in [0.1, 0.15) is 12.6 Å². The number of nitrogens with one attached hydrogen (secondary N) is 1. The van der Waals surface area contributed by atoms with Crippen molar-refractivity contribution >= 4 is 73.9 Å². The van der Waals surface area contributed by atoms with Crippen LogP contribution in [0.25, 0.3) is 0 Å². The molecule has 0 radical (unpaired) electrons. The molecule has 0 bridgehead atoms. The Hall–Kier alpha value is -2.49. The van der Waals surface area contributed by atoms with E-state index < -0.39 is 28.5 Å². The average molecular weight is 645 g/mol. The number of unbranched alkanes of at least 4 members (excludes halogenated alkanes) is 1. The molecular formula is C28H29Cl4N3O4S. The van der Waals surface area contributed by atoms with Gasteiger partial charge in [-0.25, -0.2) is 8.42 Å². The third-order valence-corrected chi connectivity index (χ3v) is 9.04. The van der Waals surface area contributed by atoms with Crippen molar-refractivity contribution in [3.8, 4) is 0 Å². The number of hydrogen-bond donors (Lipinski definition) is 1. The Morgan fingerprint density at radius 1 is 0.900 bits per heavy atom.